The molecule has 0 aliphatic rings. The minimum absolute atomic E-state index is 0.604. The van der Waals surface area contributed by atoms with E-state index in [9.17, 15) is 0 Å². The number of ether oxygens (including phenoxy) is 1. The van der Waals surface area contributed by atoms with Crippen molar-refractivity contribution in [1.82, 2.24) is 5.32 Å². The standard InChI is InChI=1S/C11H15Cl2NO/c1-15-7-3-6-14-8-9-4-2-5-10(12)11(9)13/h2,4-5,14H,3,6-8H2,1H3. The van der Waals surface area contributed by atoms with Gasteiger partial charge in [0, 0.05) is 20.3 Å². The van der Waals surface area contributed by atoms with Gasteiger partial charge in [0.2, 0.25) is 0 Å². The maximum absolute atomic E-state index is 6.04. The number of rotatable bonds is 6. The lowest BCUT2D eigenvalue weighted by Crippen LogP contribution is -2.16. The Labute approximate surface area is 101 Å². The fourth-order valence-electron chi connectivity index (χ4n) is 1.25. The topological polar surface area (TPSA) is 21.3 Å². The molecule has 0 saturated heterocycles. The molecule has 1 N–H and O–H groups in total. The van der Waals surface area contributed by atoms with Crippen LogP contribution in [-0.4, -0.2) is 20.3 Å². The lowest BCUT2D eigenvalue weighted by Gasteiger charge is -2.07. The number of nitrogens with one attached hydrogen (secondary N) is 1. The molecule has 2 nitrogen and oxygen atoms in total. The molecular weight excluding hydrogens is 233 g/mol. The lowest BCUT2D eigenvalue weighted by atomic mass is 10.2. The first-order chi connectivity index (χ1) is 7.25. The first-order valence-corrected chi connectivity index (χ1v) is 5.64. The minimum atomic E-state index is 0.604. The van der Waals surface area contributed by atoms with Crippen LogP contribution in [0.25, 0.3) is 0 Å². The molecule has 0 fully saturated rings. The third-order valence-corrected chi connectivity index (χ3v) is 2.91. The van der Waals surface area contributed by atoms with Crippen molar-refractivity contribution in [2.75, 3.05) is 20.3 Å². The largest absolute Gasteiger partial charge is 0.385 e. The maximum atomic E-state index is 6.04. The Morgan fingerprint density at radius 2 is 2.13 bits per heavy atom. The second kappa shape index (κ2) is 7.07. The van der Waals surface area contributed by atoms with E-state index in [0.29, 0.717) is 10.0 Å². The molecule has 4 heteroatoms. The van der Waals surface area contributed by atoms with Crippen molar-refractivity contribution in [3.8, 4) is 0 Å². The van der Waals surface area contributed by atoms with Gasteiger partial charge in [-0.1, -0.05) is 35.3 Å². The number of methoxy groups -OCH3 is 1. The predicted molar refractivity (Wildman–Crippen MR) is 64.7 cm³/mol. The average molecular weight is 248 g/mol. The molecule has 0 atom stereocenters. The summed E-state index contributed by atoms with van der Waals surface area (Å²) < 4.78 is 4.95. The third-order valence-electron chi connectivity index (χ3n) is 2.05. The summed E-state index contributed by atoms with van der Waals surface area (Å²) in [5.74, 6) is 0. The fourth-order valence-corrected chi connectivity index (χ4v) is 1.64. The van der Waals surface area contributed by atoms with Crippen LogP contribution in [0.2, 0.25) is 10.0 Å². The summed E-state index contributed by atoms with van der Waals surface area (Å²) in [6.07, 6.45) is 0.995. The maximum Gasteiger partial charge on any atom is 0.0637 e. The molecule has 1 aromatic rings. The van der Waals surface area contributed by atoms with E-state index in [1.807, 2.05) is 12.1 Å². The van der Waals surface area contributed by atoms with Crippen molar-refractivity contribution in [1.29, 1.82) is 0 Å². The van der Waals surface area contributed by atoms with Crippen LogP contribution in [0.1, 0.15) is 12.0 Å². The van der Waals surface area contributed by atoms with Crippen molar-refractivity contribution < 1.29 is 4.74 Å². The van der Waals surface area contributed by atoms with Gasteiger partial charge >= 0.3 is 0 Å². The summed E-state index contributed by atoms with van der Waals surface area (Å²) in [6.45, 7) is 2.43. The number of benzene rings is 1. The molecule has 0 heterocycles. The molecule has 0 spiro atoms. The summed E-state index contributed by atoms with van der Waals surface area (Å²) in [6, 6.07) is 5.66. The van der Waals surface area contributed by atoms with Gasteiger partial charge in [0.15, 0.2) is 0 Å². The highest BCUT2D eigenvalue weighted by Gasteiger charge is 2.02. The van der Waals surface area contributed by atoms with E-state index in [4.69, 9.17) is 27.9 Å². The van der Waals surface area contributed by atoms with Crippen LogP contribution in [0.4, 0.5) is 0 Å². The Kier molecular flexibility index (Phi) is 6.03. The molecule has 1 aromatic carbocycles. The second-order valence-electron chi connectivity index (χ2n) is 3.24. The average Bonchev–Trinajstić information content (AvgIpc) is 2.24. The Morgan fingerprint density at radius 1 is 1.33 bits per heavy atom. The molecule has 84 valence electrons. The zero-order valence-electron chi connectivity index (χ0n) is 8.72. The first kappa shape index (κ1) is 12.8. The van der Waals surface area contributed by atoms with Crippen molar-refractivity contribution in [2.24, 2.45) is 0 Å². The van der Waals surface area contributed by atoms with Crippen molar-refractivity contribution in [3.63, 3.8) is 0 Å². The molecule has 15 heavy (non-hydrogen) atoms. The highest BCUT2D eigenvalue weighted by atomic mass is 35.5. The summed E-state index contributed by atoms with van der Waals surface area (Å²) in [5.41, 5.74) is 1.03. The van der Waals surface area contributed by atoms with Crippen molar-refractivity contribution >= 4 is 23.2 Å². The van der Waals surface area contributed by atoms with E-state index in [1.54, 1.807) is 13.2 Å². The van der Waals surface area contributed by atoms with Crippen LogP contribution in [0.3, 0.4) is 0 Å². The van der Waals surface area contributed by atoms with E-state index in [0.717, 1.165) is 31.7 Å². The lowest BCUT2D eigenvalue weighted by molar-refractivity contribution is 0.194. The molecule has 0 aromatic heterocycles. The van der Waals surface area contributed by atoms with Crippen molar-refractivity contribution in [2.45, 2.75) is 13.0 Å². The summed E-state index contributed by atoms with van der Waals surface area (Å²) in [4.78, 5) is 0. The molecule has 1 rings (SSSR count). The van der Waals surface area contributed by atoms with Crippen LogP contribution < -0.4 is 5.32 Å². The number of halogens is 2. The molecule has 0 amide bonds. The fraction of sp³-hybridized carbons (Fsp3) is 0.455. The minimum Gasteiger partial charge on any atom is -0.385 e. The third kappa shape index (κ3) is 4.39. The van der Waals surface area contributed by atoms with Crippen LogP contribution in [-0.2, 0) is 11.3 Å². The van der Waals surface area contributed by atoms with Gasteiger partial charge in [-0.2, -0.15) is 0 Å². The zero-order valence-corrected chi connectivity index (χ0v) is 10.2. The van der Waals surface area contributed by atoms with Gasteiger partial charge < -0.3 is 10.1 Å². The van der Waals surface area contributed by atoms with E-state index in [-0.39, 0.29) is 0 Å². The van der Waals surface area contributed by atoms with Gasteiger partial charge in [0.05, 0.1) is 10.0 Å². The van der Waals surface area contributed by atoms with Gasteiger partial charge in [0.25, 0.3) is 0 Å². The zero-order chi connectivity index (χ0) is 11.1. The molecule has 0 radical (unpaired) electrons. The molecule has 0 aliphatic carbocycles. The Morgan fingerprint density at radius 3 is 2.87 bits per heavy atom. The molecular formula is C11H15Cl2NO. The Bertz CT molecular complexity index is 305. The van der Waals surface area contributed by atoms with E-state index in [2.05, 4.69) is 5.32 Å². The van der Waals surface area contributed by atoms with Crippen LogP contribution in [0.15, 0.2) is 18.2 Å². The van der Waals surface area contributed by atoms with Gasteiger partial charge in [-0.25, -0.2) is 0 Å². The van der Waals surface area contributed by atoms with Gasteiger partial charge in [-0.05, 0) is 24.6 Å². The SMILES string of the molecule is COCCCNCc1cccc(Cl)c1Cl. The first-order valence-electron chi connectivity index (χ1n) is 4.88. The molecule has 0 unspecified atom stereocenters. The van der Waals surface area contributed by atoms with Gasteiger partial charge in [0.1, 0.15) is 0 Å². The van der Waals surface area contributed by atoms with E-state index in [1.165, 1.54) is 0 Å². The number of hydrogen-bond donors (Lipinski definition) is 1. The van der Waals surface area contributed by atoms with E-state index < -0.39 is 0 Å². The Hall–Kier alpha value is -0.280. The van der Waals surface area contributed by atoms with Crippen LogP contribution in [0.5, 0.6) is 0 Å². The number of hydrogen-bond acceptors (Lipinski definition) is 2. The van der Waals surface area contributed by atoms with Gasteiger partial charge in [-0.3, -0.25) is 0 Å². The molecule has 0 aliphatic heterocycles. The van der Waals surface area contributed by atoms with E-state index >= 15 is 0 Å². The van der Waals surface area contributed by atoms with Crippen LogP contribution >= 0.6 is 23.2 Å². The molecule has 0 saturated carbocycles. The second-order valence-corrected chi connectivity index (χ2v) is 4.02. The highest BCUT2D eigenvalue weighted by Crippen LogP contribution is 2.25. The normalized spacial score (nSPS) is 10.6. The highest BCUT2D eigenvalue weighted by molar-refractivity contribution is 6.42. The van der Waals surface area contributed by atoms with Crippen molar-refractivity contribution in [3.05, 3.63) is 33.8 Å². The van der Waals surface area contributed by atoms with Crippen LogP contribution in [0, 0.1) is 0 Å². The monoisotopic (exact) mass is 247 g/mol. The summed E-state index contributed by atoms with van der Waals surface area (Å²) >= 11 is 11.9. The van der Waals surface area contributed by atoms with Gasteiger partial charge in [-0.15, -0.1) is 0 Å². The summed E-state index contributed by atoms with van der Waals surface area (Å²) in [5, 5.41) is 4.52. The quantitative estimate of drug-likeness (QED) is 0.781. The predicted octanol–water partition coefficient (Wildman–Crippen LogP) is 3.12. The molecule has 0 bridgehead atoms. The Balaban J connectivity index is 2.34. The summed E-state index contributed by atoms with van der Waals surface area (Å²) in [7, 11) is 1.70. The smallest absolute Gasteiger partial charge is 0.0637 e.